The monoisotopic (exact) mass is 262 g/mol. The molecular weight excluding hydrogens is 244 g/mol. The molecule has 0 atom stereocenters. The second kappa shape index (κ2) is 5.82. The number of rotatable bonds is 4. The van der Waals surface area contributed by atoms with Crippen molar-refractivity contribution in [2.75, 3.05) is 5.73 Å². The average molecular weight is 262 g/mol. The molecule has 1 aromatic rings. The quantitative estimate of drug-likeness (QED) is 0.813. The van der Waals surface area contributed by atoms with Crippen LogP contribution in [0.15, 0.2) is 12.3 Å². The van der Waals surface area contributed by atoms with Gasteiger partial charge in [-0.3, -0.25) is 4.79 Å². The summed E-state index contributed by atoms with van der Waals surface area (Å²) >= 11 is 0. The van der Waals surface area contributed by atoms with Crippen LogP contribution in [0.1, 0.15) is 59.2 Å². The summed E-state index contributed by atoms with van der Waals surface area (Å²) in [5.41, 5.74) is 5.57. The molecule has 5 heteroatoms. The van der Waals surface area contributed by atoms with Crippen molar-refractivity contribution in [2.24, 2.45) is 5.92 Å². The number of carbonyl (C=O) groups is 2. The van der Waals surface area contributed by atoms with Gasteiger partial charge in [0.15, 0.2) is 5.78 Å². The van der Waals surface area contributed by atoms with Crippen molar-refractivity contribution >= 4 is 17.6 Å². The number of anilines is 1. The molecule has 0 spiro atoms. The van der Waals surface area contributed by atoms with Gasteiger partial charge in [0.1, 0.15) is 11.4 Å². The number of nitrogens with two attached hydrogens (primary N) is 1. The van der Waals surface area contributed by atoms with E-state index >= 15 is 0 Å². The van der Waals surface area contributed by atoms with Crippen LogP contribution in [-0.2, 0) is 0 Å². The lowest BCUT2D eigenvalue weighted by atomic mass is 9.84. The van der Waals surface area contributed by atoms with Crippen molar-refractivity contribution in [3.05, 3.63) is 23.4 Å². The minimum Gasteiger partial charge on any atom is -0.478 e. The van der Waals surface area contributed by atoms with E-state index in [4.69, 9.17) is 10.8 Å². The summed E-state index contributed by atoms with van der Waals surface area (Å²) < 4.78 is 0. The van der Waals surface area contributed by atoms with Crippen molar-refractivity contribution in [1.29, 1.82) is 0 Å². The molecule has 19 heavy (non-hydrogen) atoms. The Morgan fingerprint density at radius 2 is 2.00 bits per heavy atom. The van der Waals surface area contributed by atoms with Gasteiger partial charge >= 0.3 is 5.97 Å². The highest BCUT2D eigenvalue weighted by atomic mass is 16.4. The van der Waals surface area contributed by atoms with E-state index in [0.29, 0.717) is 12.3 Å². The standard InChI is InChI=1S/C14H18N2O3/c15-13-12(14(18)19)10(6-7-16-13)11(17)8-9-4-2-1-3-5-9/h6-7,9H,1-5,8H2,(H2,15,16)(H,18,19). The molecule has 1 heterocycles. The highest BCUT2D eigenvalue weighted by molar-refractivity contribution is 6.08. The molecule has 0 radical (unpaired) electrons. The van der Waals surface area contributed by atoms with Crippen molar-refractivity contribution in [3.8, 4) is 0 Å². The molecule has 2 rings (SSSR count). The lowest BCUT2D eigenvalue weighted by Gasteiger charge is -2.21. The number of pyridine rings is 1. The number of ketones is 1. The van der Waals surface area contributed by atoms with Gasteiger partial charge in [0.05, 0.1) is 0 Å². The fraction of sp³-hybridized carbons (Fsp3) is 0.500. The van der Waals surface area contributed by atoms with Gasteiger partial charge in [0.25, 0.3) is 0 Å². The largest absolute Gasteiger partial charge is 0.478 e. The summed E-state index contributed by atoms with van der Waals surface area (Å²) in [6.07, 6.45) is 7.43. The Labute approximate surface area is 111 Å². The molecule has 1 aliphatic rings. The molecule has 1 aliphatic carbocycles. The number of hydrogen-bond acceptors (Lipinski definition) is 4. The maximum atomic E-state index is 12.2. The molecule has 0 bridgehead atoms. The zero-order valence-corrected chi connectivity index (χ0v) is 10.8. The summed E-state index contributed by atoms with van der Waals surface area (Å²) in [6.45, 7) is 0. The lowest BCUT2D eigenvalue weighted by molar-refractivity contribution is 0.0691. The van der Waals surface area contributed by atoms with Crippen molar-refractivity contribution in [3.63, 3.8) is 0 Å². The van der Waals surface area contributed by atoms with Crippen LogP contribution in [0, 0.1) is 5.92 Å². The molecule has 0 aliphatic heterocycles. The summed E-state index contributed by atoms with van der Waals surface area (Å²) in [5, 5.41) is 9.13. The SMILES string of the molecule is Nc1nccc(C(=O)CC2CCCCC2)c1C(=O)O. The Hall–Kier alpha value is -1.91. The number of aromatic carboxylic acids is 1. The Morgan fingerprint density at radius 3 is 2.63 bits per heavy atom. The topological polar surface area (TPSA) is 93.3 Å². The van der Waals surface area contributed by atoms with Crippen molar-refractivity contribution in [1.82, 2.24) is 4.98 Å². The summed E-state index contributed by atoms with van der Waals surface area (Å²) in [7, 11) is 0. The second-order valence-corrected chi connectivity index (χ2v) is 5.06. The Balaban J connectivity index is 2.18. The number of carboxylic acids is 1. The van der Waals surface area contributed by atoms with Crippen molar-refractivity contribution in [2.45, 2.75) is 38.5 Å². The smallest absolute Gasteiger partial charge is 0.340 e. The molecular formula is C14H18N2O3. The molecule has 3 N–H and O–H groups in total. The van der Waals surface area contributed by atoms with E-state index < -0.39 is 5.97 Å². The molecule has 5 nitrogen and oxygen atoms in total. The van der Waals surface area contributed by atoms with Crippen LogP contribution in [0.5, 0.6) is 0 Å². The predicted octanol–water partition coefficient (Wildman–Crippen LogP) is 2.52. The van der Waals surface area contributed by atoms with Crippen LogP contribution in [0.2, 0.25) is 0 Å². The van der Waals surface area contributed by atoms with Gasteiger partial charge in [-0.2, -0.15) is 0 Å². The maximum Gasteiger partial charge on any atom is 0.340 e. The molecule has 0 amide bonds. The first-order valence-electron chi connectivity index (χ1n) is 6.60. The zero-order valence-electron chi connectivity index (χ0n) is 10.8. The molecule has 0 unspecified atom stereocenters. The van der Waals surface area contributed by atoms with E-state index in [-0.39, 0.29) is 22.7 Å². The van der Waals surface area contributed by atoms with Crippen LogP contribution >= 0.6 is 0 Å². The van der Waals surface area contributed by atoms with Gasteiger partial charge < -0.3 is 10.8 Å². The number of nitrogens with zero attached hydrogens (tertiary/aromatic N) is 1. The van der Waals surface area contributed by atoms with E-state index in [0.717, 1.165) is 25.7 Å². The van der Waals surface area contributed by atoms with Gasteiger partial charge in [-0.15, -0.1) is 0 Å². The van der Waals surface area contributed by atoms with Gasteiger partial charge in [0.2, 0.25) is 0 Å². The van der Waals surface area contributed by atoms with Crippen molar-refractivity contribution < 1.29 is 14.7 Å². The first kappa shape index (κ1) is 13.5. The average Bonchev–Trinajstić information content (AvgIpc) is 2.39. The van der Waals surface area contributed by atoms with Gasteiger partial charge in [-0.05, 0) is 12.0 Å². The number of aromatic nitrogens is 1. The number of hydrogen-bond donors (Lipinski definition) is 2. The van der Waals surface area contributed by atoms with E-state index in [2.05, 4.69) is 4.98 Å². The highest BCUT2D eigenvalue weighted by Crippen LogP contribution is 2.28. The molecule has 0 saturated heterocycles. The minimum absolute atomic E-state index is 0.0954. The number of carbonyl (C=O) groups excluding carboxylic acids is 1. The fourth-order valence-electron chi connectivity index (χ4n) is 2.70. The molecule has 1 saturated carbocycles. The second-order valence-electron chi connectivity index (χ2n) is 5.06. The highest BCUT2D eigenvalue weighted by Gasteiger charge is 2.23. The third-order valence-electron chi connectivity index (χ3n) is 3.69. The molecule has 1 aromatic heterocycles. The maximum absolute atomic E-state index is 12.2. The third-order valence-corrected chi connectivity index (χ3v) is 3.69. The van der Waals surface area contributed by atoms with Gasteiger partial charge in [-0.25, -0.2) is 9.78 Å². The first-order valence-corrected chi connectivity index (χ1v) is 6.60. The zero-order chi connectivity index (χ0) is 13.8. The van der Waals surface area contributed by atoms with Gasteiger partial charge in [0, 0.05) is 18.2 Å². The summed E-state index contributed by atoms with van der Waals surface area (Å²) in [4.78, 5) is 27.1. The van der Waals surface area contributed by atoms with Crippen LogP contribution in [0.4, 0.5) is 5.82 Å². The van der Waals surface area contributed by atoms with E-state index in [1.54, 1.807) is 0 Å². The molecule has 0 aromatic carbocycles. The van der Waals surface area contributed by atoms with E-state index in [1.165, 1.54) is 18.7 Å². The summed E-state index contributed by atoms with van der Waals surface area (Å²) in [6, 6.07) is 1.45. The lowest BCUT2D eigenvalue weighted by Crippen LogP contribution is -2.17. The number of carboxylic acid groups (broad SMARTS) is 1. The van der Waals surface area contributed by atoms with Gasteiger partial charge in [-0.1, -0.05) is 32.1 Å². The predicted molar refractivity (Wildman–Crippen MR) is 71.1 cm³/mol. The van der Waals surface area contributed by atoms with Crippen LogP contribution in [0.3, 0.4) is 0 Å². The third kappa shape index (κ3) is 3.10. The van der Waals surface area contributed by atoms with E-state index in [1.807, 2.05) is 0 Å². The molecule has 102 valence electrons. The Bertz CT molecular complexity index is 493. The minimum atomic E-state index is -1.20. The Kier molecular flexibility index (Phi) is 4.14. The van der Waals surface area contributed by atoms with Crippen LogP contribution in [-0.4, -0.2) is 21.8 Å². The number of Topliss-reactive ketones (excluding diaryl/α,β-unsaturated/α-hetero) is 1. The van der Waals surface area contributed by atoms with Crippen LogP contribution < -0.4 is 5.73 Å². The normalized spacial score (nSPS) is 16.2. The van der Waals surface area contributed by atoms with Crippen LogP contribution in [0.25, 0.3) is 0 Å². The Morgan fingerprint density at radius 1 is 1.32 bits per heavy atom. The molecule has 1 fully saturated rings. The number of nitrogen functional groups attached to an aromatic ring is 1. The summed E-state index contributed by atoms with van der Waals surface area (Å²) in [5.74, 6) is -1.06. The first-order chi connectivity index (χ1) is 9.09. The fourth-order valence-corrected chi connectivity index (χ4v) is 2.70. The van der Waals surface area contributed by atoms with E-state index in [9.17, 15) is 9.59 Å².